The van der Waals surface area contributed by atoms with Crippen molar-refractivity contribution in [2.45, 2.75) is 0 Å². The molecule has 4 nitrogen and oxygen atoms in total. The SMILES string of the molecule is Clc1cc2oc3cccc(-c4nc(-c5ccc(-c6ccccc6)cc5)nc(-c5ccc6c(c5)sc5ccccc56)n4)c3c2c2ccccc12. The van der Waals surface area contributed by atoms with Gasteiger partial charge in [0.2, 0.25) is 0 Å². The second-order valence-electron chi connectivity index (χ2n) is 12.1. The van der Waals surface area contributed by atoms with Gasteiger partial charge < -0.3 is 4.42 Å². The van der Waals surface area contributed by atoms with Crippen molar-refractivity contribution in [1.82, 2.24) is 15.0 Å². The number of nitrogens with zero attached hydrogens (tertiary/aromatic N) is 3. The number of hydrogen-bond donors (Lipinski definition) is 0. The molecule has 0 saturated carbocycles. The van der Waals surface area contributed by atoms with E-state index < -0.39 is 0 Å². The van der Waals surface area contributed by atoms with Gasteiger partial charge in [0.15, 0.2) is 17.5 Å². The van der Waals surface area contributed by atoms with Crippen LogP contribution in [0.15, 0.2) is 150 Å². The maximum absolute atomic E-state index is 6.72. The Balaban J connectivity index is 1.21. The Kier molecular flexibility index (Phi) is 6.38. The van der Waals surface area contributed by atoms with Gasteiger partial charge in [0.25, 0.3) is 0 Å². The van der Waals surface area contributed by atoms with Crippen molar-refractivity contribution in [2.75, 3.05) is 0 Å². The number of fused-ring (bicyclic) bond motifs is 8. The average Bonchev–Trinajstić information content (AvgIpc) is 3.73. The molecule has 0 aliphatic carbocycles. The smallest absolute Gasteiger partial charge is 0.164 e. The number of benzene rings is 7. The van der Waals surface area contributed by atoms with Crippen LogP contribution in [0, 0.1) is 0 Å². The third-order valence-electron chi connectivity index (χ3n) is 9.22. The largest absolute Gasteiger partial charge is 0.456 e. The van der Waals surface area contributed by atoms with Crippen molar-refractivity contribution in [2.24, 2.45) is 0 Å². The summed E-state index contributed by atoms with van der Waals surface area (Å²) in [6.45, 7) is 0. The van der Waals surface area contributed by atoms with E-state index in [2.05, 4.69) is 103 Å². The summed E-state index contributed by atoms with van der Waals surface area (Å²) in [5.74, 6) is 1.80. The zero-order valence-electron chi connectivity index (χ0n) is 25.9. The molecule has 10 aromatic rings. The van der Waals surface area contributed by atoms with Gasteiger partial charge in [-0.1, -0.05) is 133 Å². The van der Waals surface area contributed by atoms with Crippen molar-refractivity contribution >= 4 is 75.8 Å². The molecule has 0 fully saturated rings. The molecule has 7 aromatic carbocycles. The van der Waals surface area contributed by atoms with Crippen molar-refractivity contribution in [3.63, 3.8) is 0 Å². The molecule has 0 aliphatic rings. The zero-order valence-corrected chi connectivity index (χ0v) is 27.5. The molecule has 10 rings (SSSR count). The second-order valence-corrected chi connectivity index (χ2v) is 13.6. The fourth-order valence-electron chi connectivity index (χ4n) is 6.89. The first-order valence-electron chi connectivity index (χ1n) is 16.0. The van der Waals surface area contributed by atoms with E-state index in [4.69, 9.17) is 31.0 Å². The fraction of sp³-hybridized carbons (Fsp3) is 0. The highest BCUT2D eigenvalue weighted by atomic mass is 35.5. The summed E-state index contributed by atoms with van der Waals surface area (Å²) >= 11 is 8.51. The van der Waals surface area contributed by atoms with Crippen LogP contribution in [-0.2, 0) is 0 Å². The molecule has 6 heteroatoms. The molecule has 0 aliphatic heterocycles. The Morgan fingerprint density at radius 3 is 1.90 bits per heavy atom. The van der Waals surface area contributed by atoms with E-state index in [1.165, 1.54) is 20.2 Å². The molecule has 0 amide bonds. The van der Waals surface area contributed by atoms with E-state index >= 15 is 0 Å². The van der Waals surface area contributed by atoms with Crippen LogP contribution in [-0.4, -0.2) is 15.0 Å². The number of aromatic nitrogens is 3. The molecule has 0 radical (unpaired) electrons. The van der Waals surface area contributed by atoms with Gasteiger partial charge in [-0.25, -0.2) is 15.0 Å². The predicted octanol–water partition coefficient (Wildman–Crippen LogP) is 12.6. The van der Waals surface area contributed by atoms with Crippen LogP contribution in [0.25, 0.3) is 98.2 Å². The summed E-state index contributed by atoms with van der Waals surface area (Å²) in [5, 5.41) is 7.09. The maximum Gasteiger partial charge on any atom is 0.164 e. The topological polar surface area (TPSA) is 51.8 Å². The van der Waals surface area contributed by atoms with E-state index in [0.717, 1.165) is 60.5 Å². The summed E-state index contributed by atoms with van der Waals surface area (Å²) in [5.41, 5.74) is 6.50. The Bertz CT molecular complexity index is 2890. The van der Waals surface area contributed by atoms with Gasteiger partial charge in [-0.3, -0.25) is 0 Å². The first-order chi connectivity index (χ1) is 24.2. The minimum Gasteiger partial charge on any atom is -0.456 e. The lowest BCUT2D eigenvalue weighted by Gasteiger charge is -2.10. The monoisotopic (exact) mass is 665 g/mol. The van der Waals surface area contributed by atoms with E-state index in [1.807, 2.05) is 42.5 Å². The van der Waals surface area contributed by atoms with Gasteiger partial charge in [0.05, 0.1) is 5.02 Å². The standard InChI is InChI=1S/C43H24ClN3OS/c44-34-24-36-39(32-13-5-4-11-29(32)34)40-33(14-8-15-35(40)48-36)43-46-41(27-19-17-26(18-20-27)25-9-2-1-3-10-25)45-42(47-43)28-21-22-31-30-12-6-7-16-37(30)49-38(31)23-28/h1-24H. The molecule has 3 heterocycles. The van der Waals surface area contributed by atoms with Crippen LogP contribution in [0.3, 0.4) is 0 Å². The maximum atomic E-state index is 6.72. The van der Waals surface area contributed by atoms with E-state index in [9.17, 15) is 0 Å². The molecular formula is C43H24ClN3OS. The summed E-state index contributed by atoms with van der Waals surface area (Å²) in [6, 6.07) is 49.9. The van der Waals surface area contributed by atoms with Crippen molar-refractivity contribution in [1.29, 1.82) is 0 Å². The summed E-state index contributed by atoms with van der Waals surface area (Å²) < 4.78 is 8.87. The quantitative estimate of drug-likeness (QED) is 0.188. The minimum absolute atomic E-state index is 0.580. The van der Waals surface area contributed by atoms with Crippen molar-refractivity contribution in [3.05, 3.63) is 151 Å². The number of halogens is 1. The van der Waals surface area contributed by atoms with Crippen LogP contribution in [0.4, 0.5) is 0 Å². The highest BCUT2D eigenvalue weighted by Gasteiger charge is 2.20. The van der Waals surface area contributed by atoms with Crippen LogP contribution >= 0.6 is 22.9 Å². The lowest BCUT2D eigenvalue weighted by atomic mass is 10.00. The third kappa shape index (κ3) is 4.62. The number of furan rings is 1. The van der Waals surface area contributed by atoms with Crippen molar-refractivity contribution < 1.29 is 4.42 Å². The molecule has 230 valence electrons. The summed E-state index contributed by atoms with van der Waals surface area (Å²) in [7, 11) is 0. The van der Waals surface area contributed by atoms with Crippen LogP contribution in [0.2, 0.25) is 5.02 Å². The first kappa shape index (κ1) is 28.2. The van der Waals surface area contributed by atoms with Crippen LogP contribution in [0.5, 0.6) is 0 Å². The lowest BCUT2D eigenvalue weighted by Crippen LogP contribution is -2.00. The number of thiophene rings is 1. The molecule has 0 saturated heterocycles. The van der Waals surface area contributed by atoms with E-state index in [0.29, 0.717) is 22.5 Å². The molecule has 0 spiro atoms. The molecule has 0 atom stereocenters. The molecule has 49 heavy (non-hydrogen) atoms. The normalized spacial score (nSPS) is 11.8. The van der Waals surface area contributed by atoms with Crippen LogP contribution in [0.1, 0.15) is 0 Å². The summed E-state index contributed by atoms with van der Waals surface area (Å²) in [6.07, 6.45) is 0. The van der Waals surface area contributed by atoms with Gasteiger partial charge in [0, 0.05) is 59.1 Å². The predicted molar refractivity (Wildman–Crippen MR) is 204 cm³/mol. The van der Waals surface area contributed by atoms with Gasteiger partial charge in [0.1, 0.15) is 11.2 Å². The highest BCUT2D eigenvalue weighted by molar-refractivity contribution is 7.25. The Labute approximate surface area is 289 Å². The fourth-order valence-corrected chi connectivity index (χ4v) is 8.30. The number of hydrogen-bond acceptors (Lipinski definition) is 5. The molecule has 0 N–H and O–H groups in total. The van der Waals surface area contributed by atoms with E-state index in [-0.39, 0.29) is 0 Å². The lowest BCUT2D eigenvalue weighted by molar-refractivity contribution is 0.669. The van der Waals surface area contributed by atoms with Crippen LogP contribution < -0.4 is 0 Å². The molecule has 0 unspecified atom stereocenters. The average molecular weight is 666 g/mol. The number of rotatable bonds is 4. The Hall–Kier alpha value is -5.88. The second kappa shape index (κ2) is 11.1. The Morgan fingerprint density at radius 1 is 0.429 bits per heavy atom. The molecule has 0 bridgehead atoms. The minimum atomic E-state index is 0.580. The molecular weight excluding hydrogens is 642 g/mol. The Morgan fingerprint density at radius 2 is 1.06 bits per heavy atom. The third-order valence-corrected chi connectivity index (χ3v) is 10.7. The van der Waals surface area contributed by atoms with Gasteiger partial charge in [-0.15, -0.1) is 11.3 Å². The molecule has 3 aromatic heterocycles. The van der Waals surface area contributed by atoms with Gasteiger partial charge in [-0.2, -0.15) is 0 Å². The summed E-state index contributed by atoms with van der Waals surface area (Å²) in [4.78, 5) is 15.4. The first-order valence-corrected chi connectivity index (χ1v) is 17.2. The van der Waals surface area contributed by atoms with Crippen molar-refractivity contribution in [3.8, 4) is 45.3 Å². The van der Waals surface area contributed by atoms with Gasteiger partial charge >= 0.3 is 0 Å². The zero-order chi connectivity index (χ0) is 32.5. The highest BCUT2D eigenvalue weighted by Crippen LogP contribution is 2.42. The van der Waals surface area contributed by atoms with Gasteiger partial charge in [-0.05, 0) is 34.7 Å². The van der Waals surface area contributed by atoms with E-state index in [1.54, 1.807) is 11.3 Å².